The molecule has 0 fully saturated rings. The van der Waals surface area contributed by atoms with Crippen LogP contribution in [0.25, 0.3) is 10.9 Å². The highest BCUT2D eigenvalue weighted by atomic mass is 79.9. The van der Waals surface area contributed by atoms with E-state index in [-0.39, 0.29) is 5.43 Å². The number of H-pyrrole nitrogens is 1. The first-order valence-corrected chi connectivity index (χ1v) is 6.88. The van der Waals surface area contributed by atoms with Gasteiger partial charge in [-0.3, -0.25) is 4.79 Å². The van der Waals surface area contributed by atoms with Crippen molar-refractivity contribution in [1.29, 1.82) is 0 Å². The van der Waals surface area contributed by atoms with Crippen molar-refractivity contribution in [1.82, 2.24) is 4.98 Å². The van der Waals surface area contributed by atoms with E-state index < -0.39 is 0 Å². The van der Waals surface area contributed by atoms with E-state index in [1.807, 2.05) is 18.2 Å². The van der Waals surface area contributed by atoms with E-state index in [1.54, 1.807) is 0 Å². The van der Waals surface area contributed by atoms with Crippen molar-refractivity contribution < 1.29 is 0 Å². The third kappa shape index (κ3) is 1.93. The largest absolute Gasteiger partial charge is 0.358 e. The SMILES string of the molecule is O=c1c2c([nH]c3ccc(Br)cc13)CCCCC2. The van der Waals surface area contributed by atoms with Crippen LogP contribution in [0.15, 0.2) is 27.5 Å². The van der Waals surface area contributed by atoms with Gasteiger partial charge < -0.3 is 4.98 Å². The fourth-order valence-electron chi connectivity index (χ4n) is 2.61. The Hall–Kier alpha value is -1.09. The van der Waals surface area contributed by atoms with E-state index in [9.17, 15) is 4.79 Å². The third-order valence-electron chi connectivity index (χ3n) is 3.50. The van der Waals surface area contributed by atoms with Gasteiger partial charge in [0.2, 0.25) is 0 Å². The van der Waals surface area contributed by atoms with Gasteiger partial charge in [0.25, 0.3) is 0 Å². The minimum atomic E-state index is 0.219. The molecule has 2 aromatic rings. The molecule has 1 aromatic carbocycles. The van der Waals surface area contributed by atoms with Crippen molar-refractivity contribution >= 4 is 26.8 Å². The molecule has 1 aliphatic rings. The third-order valence-corrected chi connectivity index (χ3v) is 4.00. The second-order valence-corrected chi connectivity index (χ2v) is 5.58. The van der Waals surface area contributed by atoms with E-state index >= 15 is 0 Å². The van der Waals surface area contributed by atoms with Crippen LogP contribution in [0.1, 0.15) is 30.5 Å². The first-order valence-electron chi connectivity index (χ1n) is 6.09. The number of nitrogens with one attached hydrogen (secondary N) is 1. The van der Waals surface area contributed by atoms with Crippen molar-refractivity contribution in [3.05, 3.63) is 44.2 Å². The maximum absolute atomic E-state index is 12.4. The number of hydrogen-bond donors (Lipinski definition) is 1. The van der Waals surface area contributed by atoms with Gasteiger partial charge in [0.1, 0.15) is 0 Å². The minimum Gasteiger partial charge on any atom is -0.358 e. The Balaban J connectivity index is 2.33. The molecule has 0 spiro atoms. The summed E-state index contributed by atoms with van der Waals surface area (Å²) < 4.78 is 0.962. The smallest absolute Gasteiger partial charge is 0.192 e. The zero-order valence-electron chi connectivity index (χ0n) is 9.55. The summed E-state index contributed by atoms with van der Waals surface area (Å²) in [5, 5.41) is 0.806. The molecule has 0 saturated heterocycles. The van der Waals surface area contributed by atoms with Crippen molar-refractivity contribution in [2.24, 2.45) is 0 Å². The Morgan fingerprint density at radius 2 is 1.94 bits per heavy atom. The van der Waals surface area contributed by atoms with Gasteiger partial charge >= 0.3 is 0 Å². The lowest BCUT2D eigenvalue weighted by atomic mass is 10.0. The van der Waals surface area contributed by atoms with E-state index in [2.05, 4.69) is 20.9 Å². The summed E-state index contributed by atoms with van der Waals surface area (Å²) in [4.78, 5) is 15.9. The molecule has 0 radical (unpaired) electrons. The summed E-state index contributed by atoms with van der Waals surface area (Å²) in [6, 6.07) is 5.87. The van der Waals surface area contributed by atoms with Crippen LogP contribution in [0.4, 0.5) is 0 Å². The lowest BCUT2D eigenvalue weighted by Crippen LogP contribution is -2.13. The standard InChI is InChI=1S/C14H14BrNO/c15-9-6-7-13-11(8-9)14(17)10-4-2-1-3-5-12(10)16-13/h6-8H,1-5H2,(H,16,17). The fraction of sp³-hybridized carbons (Fsp3) is 0.357. The van der Waals surface area contributed by atoms with E-state index in [0.717, 1.165) is 45.9 Å². The molecular formula is C14H14BrNO. The molecule has 17 heavy (non-hydrogen) atoms. The quantitative estimate of drug-likeness (QED) is 0.740. The van der Waals surface area contributed by atoms with Gasteiger partial charge in [-0.05, 0) is 43.9 Å². The first-order chi connectivity index (χ1) is 8.25. The van der Waals surface area contributed by atoms with Gasteiger partial charge in [-0.25, -0.2) is 0 Å². The molecule has 1 N–H and O–H groups in total. The Morgan fingerprint density at radius 3 is 2.82 bits per heavy atom. The summed E-state index contributed by atoms with van der Waals surface area (Å²) in [5.41, 5.74) is 3.34. The molecule has 0 bridgehead atoms. The molecule has 1 aromatic heterocycles. The van der Waals surface area contributed by atoms with Crippen LogP contribution < -0.4 is 5.43 Å². The van der Waals surface area contributed by atoms with Gasteiger partial charge in [0.05, 0.1) is 0 Å². The first kappa shape index (κ1) is 11.0. The molecule has 0 saturated carbocycles. The summed E-state index contributed by atoms with van der Waals surface area (Å²) >= 11 is 3.43. The number of fused-ring (bicyclic) bond motifs is 2. The predicted octanol–water partition coefficient (Wildman–Crippen LogP) is 3.56. The van der Waals surface area contributed by atoms with Crippen molar-refractivity contribution in [3.63, 3.8) is 0 Å². The Kier molecular flexibility index (Phi) is 2.79. The highest BCUT2D eigenvalue weighted by Crippen LogP contribution is 2.21. The number of pyridine rings is 1. The van der Waals surface area contributed by atoms with Crippen LogP contribution in [0.2, 0.25) is 0 Å². The highest BCUT2D eigenvalue weighted by Gasteiger charge is 2.14. The normalized spacial score (nSPS) is 15.6. The molecular weight excluding hydrogens is 278 g/mol. The number of rotatable bonds is 0. The summed E-state index contributed by atoms with van der Waals surface area (Å²) in [5.74, 6) is 0. The van der Waals surface area contributed by atoms with Crippen LogP contribution in [0.3, 0.4) is 0 Å². The van der Waals surface area contributed by atoms with Gasteiger partial charge in [0.15, 0.2) is 5.43 Å². The second kappa shape index (κ2) is 4.30. The van der Waals surface area contributed by atoms with E-state index in [1.165, 1.54) is 12.8 Å². The Bertz CT molecular complexity index is 630. The average molecular weight is 292 g/mol. The zero-order chi connectivity index (χ0) is 11.8. The molecule has 2 nitrogen and oxygen atoms in total. The number of hydrogen-bond acceptors (Lipinski definition) is 1. The van der Waals surface area contributed by atoms with Crippen molar-refractivity contribution in [2.75, 3.05) is 0 Å². The second-order valence-electron chi connectivity index (χ2n) is 4.66. The number of aromatic amines is 1. The lowest BCUT2D eigenvalue weighted by Gasteiger charge is -2.08. The Labute approximate surface area is 108 Å². The molecule has 0 atom stereocenters. The molecule has 88 valence electrons. The van der Waals surface area contributed by atoms with Crippen LogP contribution in [0.5, 0.6) is 0 Å². The Morgan fingerprint density at radius 1 is 1.12 bits per heavy atom. The lowest BCUT2D eigenvalue weighted by molar-refractivity contribution is 0.708. The maximum atomic E-state index is 12.4. The summed E-state index contributed by atoms with van der Waals surface area (Å²) in [6.45, 7) is 0. The minimum absolute atomic E-state index is 0.219. The molecule has 3 rings (SSSR count). The number of aromatic nitrogens is 1. The van der Waals surface area contributed by atoms with Crippen molar-refractivity contribution in [3.8, 4) is 0 Å². The maximum Gasteiger partial charge on any atom is 0.192 e. The number of benzene rings is 1. The number of aryl methyl sites for hydroxylation is 1. The predicted molar refractivity (Wildman–Crippen MR) is 73.5 cm³/mol. The number of halogens is 1. The topological polar surface area (TPSA) is 32.9 Å². The molecule has 0 unspecified atom stereocenters. The molecule has 1 heterocycles. The van der Waals surface area contributed by atoms with Gasteiger partial charge in [-0.15, -0.1) is 0 Å². The van der Waals surface area contributed by atoms with Crippen molar-refractivity contribution in [2.45, 2.75) is 32.1 Å². The fourth-order valence-corrected chi connectivity index (χ4v) is 2.97. The van der Waals surface area contributed by atoms with E-state index in [0.29, 0.717) is 0 Å². The molecule has 3 heteroatoms. The molecule has 1 aliphatic carbocycles. The van der Waals surface area contributed by atoms with Crippen LogP contribution in [0, 0.1) is 0 Å². The monoisotopic (exact) mass is 291 g/mol. The van der Waals surface area contributed by atoms with Crippen LogP contribution >= 0.6 is 15.9 Å². The molecule has 0 aliphatic heterocycles. The zero-order valence-corrected chi connectivity index (χ0v) is 11.1. The summed E-state index contributed by atoms with van der Waals surface area (Å²) in [6.07, 6.45) is 5.48. The van der Waals surface area contributed by atoms with Crippen LogP contribution in [-0.4, -0.2) is 4.98 Å². The van der Waals surface area contributed by atoms with Gasteiger partial charge in [-0.1, -0.05) is 22.4 Å². The van der Waals surface area contributed by atoms with Gasteiger partial charge in [-0.2, -0.15) is 0 Å². The van der Waals surface area contributed by atoms with E-state index in [4.69, 9.17) is 0 Å². The molecule has 0 amide bonds. The summed E-state index contributed by atoms with van der Waals surface area (Å²) in [7, 11) is 0. The highest BCUT2D eigenvalue weighted by molar-refractivity contribution is 9.10. The average Bonchev–Trinajstić information content (AvgIpc) is 2.56. The van der Waals surface area contributed by atoms with Gasteiger partial charge in [0, 0.05) is 26.6 Å². The van der Waals surface area contributed by atoms with Crippen LogP contribution in [-0.2, 0) is 12.8 Å².